The van der Waals surface area contributed by atoms with Crippen LogP contribution < -0.4 is 15.4 Å². The van der Waals surface area contributed by atoms with Gasteiger partial charge in [-0.25, -0.2) is 10.2 Å². The third-order valence-electron chi connectivity index (χ3n) is 6.69. The van der Waals surface area contributed by atoms with Gasteiger partial charge in [-0.15, -0.1) is 0 Å². The van der Waals surface area contributed by atoms with E-state index in [2.05, 4.69) is 45.9 Å². The molecule has 8 heteroatoms. The van der Waals surface area contributed by atoms with Gasteiger partial charge in [-0.3, -0.25) is 19.9 Å². The van der Waals surface area contributed by atoms with E-state index < -0.39 is 0 Å². The Labute approximate surface area is 187 Å². The number of quaternary nitrogens is 1. The standard InChI is InChI=1S/C24H28N5O3/c1-32-20-10-9-18-5-4-6-19(22(18)13-20)11-12-29-15-25-14-27(17-29)24(26-16-29)21-7-2-3-8-23(21)28(30)31/h2-10,13,24-26H,11-12,14-17H2,1H3/q+1. The van der Waals surface area contributed by atoms with E-state index in [4.69, 9.17) is 4.74 Å². The highest BCUT2D eigenvalue weighted by Crippen LogP contribution is 2.32. The van der Waals surface area contributed by atoms with Gasteiger partial charge in [-0.2, -0.15) is 0 Å². The van der Waals surface area contributed by atoms with Crippen LogP contribution in [0.4, 0.5) is 5.69 Å². The third-order valence-corrected chi connectivity index (χ3v) is 6.69. The first-order chi connectivity index (χ1) is 15.6. The number of methoxy groups -OCH3 is 1. The number of nitrogens with one attached hydrogen (secondary N) is 2. The van der Waals surface area contributed by atoms with Crippen molar-refractivity contribution in [2.75, 3.05) is 40.3 Å². The number of nitro groups is 1. The van der Waals surface area contributed by atoms with E-state index in [1.807, 2.05) is 18.2 Å². The zero-order valence-corrected chi connectivity index (χ0v) is 18.2. The van der Waals surface area contributed by atoms with Crippen molar-refractivity contribution in [2.45, 2.75) is 12.6 Å². The monoisotopic (exact) mass is 434 g/mol. The van der Waals surface area contributed by atoms with Crippen LogP contribution in [-0.4, -0.2) is 54.6 Å². The number of benzene rings is 3. The van der Waals surface area contributed by atoms with Crippen LogP contribution in [0.15, 0.2) is 60.7 Å². The molecule has 0 aromatic heterocycles. The molecule has 2 heterocycles. The lowest BCUT2D eigenvalue weighted by molar-refractivity contribution is -0.956. The number of ether oxygens (including phenoxy) is 1. The predicted octanol–water partition coefficient (Wildman–Crippen LogP) is 3.15. The molecule has 3 aromatic rings. The van der Waals surface area contributed by atoms with Crippen molar-refractivity contribution in [1.82, 2.24) is 15.5 Å². The summed E-state index contributed by atoms with van der Waals surface area (Å²) in [6.07, 6.45) is 0.773. The highest BCUT2D eigenvalue weighted by molar-refractivity contribution is 5.87. The van der Waals surface area contributed by atoms with Crippen LogP contribution in [0.25, 0.3) is 10.8 Å². The number of rotatable bonds is 6. The molecule has 8 nitrogen and oxygen atoms in total. The second-order valence-electron chi connectivity index (χ2n) is 8.70. The fourth-order valence-corrected chi connectivity index (χ4v) is 5.04. The first kappa shape index (κ1) is 20.8. The topological polar surface area (TPSA) is 79.7 Å². The van der Waals surface area contributed by atoms with Gasteiger partial charge in [0.1, 0.15) is 31.9 Å². The van der Waals surface area contributed by atoms with Crippen molar-refractivity contribution < 1.29 is 14.1 Å². The molecule has 0 radical (unpaired) electrons. The fraction of sp³-hybridized carbons (Fsp3) is 0.333. The van der Waals surface area contributed by atoms with E-state index in [1.165, 1.54) is 16.3 Å². The molecule has 0 saturated carbocycles. The van der Waals surface area contributed by atoms with Gasteiger partial charge in [-0.1, -0.05) is 36.4 Å². The summed E-state index contributed by atoms with van der Waals surface area (Å²) >= 11 is 0. The summed E-state index contributed by atoms with van der Waals surface area (Å²) in [5.74, 6) is 0.870. The highest BCUT2D eigenvalue weighted by atomic mass is 16.6. The SMILES string of the molecule is COc1ccc2cccc(CC[N+]34CNCN(C3)C(c3ccccc3[N+](=O)[O-])NC4)c2c1. The van der Waals surface area contributed by atoms with E-state index in [1.54, 1.807) is 19.2 Å². The highest BCUT2D eigenvalue weighted by Gasteiger charge is 2.43. The van der Waals surface area contributed by atoms with Crippen molar-refractivity contribution >= 4 is 16.5 Å². The minimum absolute atomic E-state index is 0.167. The maximum Gasteiger partial charge on any atom is 0.275 e. The van der Waals surface area contributed by atoms with Crippen LogP contribution in [0.3, 0.4) is 0 Å². The van der Waals surface area contributed by atoms with Crippen LogP contribution in [0, 0.1) is 10.1 Å². The van der Waals surface area contributed by atoms with Crippen LogP contribution in [-0.2, 0) is 6.42 Å². The van der Waals surface area contributed by atoms with Crippen molar-refractivity contribution in [3.63, 3.8) is 0 Å². The smallest absolute Gasteiger partial charge is 0.275 e. The van der Waals surface area contributed by atoms with E-state index in [9.17, 15) is 10.1 Å². The molecule has 3 aromatic carbocycles. The number of para-hydroxylation sites is 1. The van der Waals surface area contributed by atoms with Gasteiger partial charge in [0.2, 0.25) is 0 Å². The molecule has 2 aliphatic rings. The number of hydrogen-bond donors (Lipinski definition) is 2. The molecular formula is C24H28N5O3+. The summed E-state index contributed by atoms with van der Waals surface area (Å²) < 4.78 is 6.30. The van der Waals surface area contributed by atoms with Crippen molar-refractivity contribution in [3.8, 4) is 5.75 Å². The van der Waals surface area contributed by atoms with E-state index >= 15 is 0 Å². The van der Waals surface area contributed by atoms with Crippen molar-refractivity contribution in [2.24, 2.45) is 0 Å². The summed E-state index contributed by atoms with van der Waals surface area (Å²) in [6, 6.07) is 19.7. The average molecular weight is 435 g/mol. The molecule has 2 aliphatic heterocycles. The molecular weight excluding hydrogens is 406 g/mol. The zero-order chi connectivity index (χ0) is 22.1. The Morgan fingerprint density at radius 1 is 1.16 bits per heavy atom. The lowest BCUT2D eigenvalue weighted by atomic mass is 10.0. The van der Waals surface area contributed by atoms with Gasteiger partial charge in [0.15, 0.2) is 0 Å². The maximum atomic E-state index is 11.5. The number of nitro benzene ring substituents is 1. The molecule has 2 N–H and O–H groups in total. The normalized spacial score (nSPS) is 24.9. The van der Waals surface area contributed by atoms with Crippen LogP contribution >= 0.6 is 0 Å². The van der Waals surface area contributed by atoms with E-state index in [0.717, 1.165) is 48.8 Å². The molecule has 32 heavy (non-hydrogen) atoms. The number of nitrogens with zero attached hydrogens (tertiary/aromatic N) is 3. The molecule has 0 amide bonds. The minimum atomic E-state index is -0.292. The van der Waals surface area contributed by atoms with Crippen molar-refractivity contribution in [3.05, 3.63) is 81.9 Å². The van der Waals surface area contributed by atoms with Crippen LogP contribution in [0.1, 0.15) is 17.3 Å². The van der Waals surface area contributed by atoms with Gasteiger partial charge in [0.05, 0.1) is 30.8 Å². The Morgan fingerprint density at radius 2 is 2.03 bits per heavy atom. The van der Waals surface area contributed by atoms with Gasteiger partial charge >= 0.3 is 0 Å². The third kappa shape index (κ3) is 3.82. The van der Waals surface area contributed by atoms with Crippen LogP contribution in [0.5, 0.6) is 5.75 Å². The Kier molecular flexibility index (Phi) is 5.52. The van der Waals surface area contributed by atoms with Crippen LogP contribution in [0.2, 0.25) is 0 Å². The molecule has 166 valence electrons. The summed E-state index contributed by atoms with van der Waals surface area (Å²) in [7, 11) is 1.70. The molecule has 2 fully saturated rings. The molecule has 2 bridgehead atoms. The van der Waals surface area contributed by atoms with Gasteiger partial charge in [0, 0.05) is 12.5 Å². The maximum absolute atomic E-state index is 11.5. The second-order valence-corrected chi connectivity index (χ2v) is 8.70. The molecule has 2 saturated heterocycles. The number of hydrogen-bond acceptors (Lipinski definition) is 6. The summed E-state index contributed by atoms with van der Waals surface area (Å²) in [4.78, 5) is 13.5. The summed E-state index contributed by atoms with van der Waals surface area (Å²) in [5, 5.41) is 21.1. The predicted molar refractivity (Wildman–Crippen MR) is 123 cm³/mol. The minimum Gasteiger partial charge on any atom is -0.497 e. The van der Waals surface area contributed by atoms with E-state index in [-0.39, 0.29) is 16.8 Å². The lowest BCUT2D eigenvalue weighted by Crippen LogP contribution is -2.73. The molecule has 3 atom stereocenters. The largest absolute Gasteiger partial charge is 0.497 e. The van der Waals surface area contributed by atoms with Gasteiger partial charge < -0.3 is 4.74 Å². The summed E-state index contributed by atoms with van der Waals surface area (Å²) in [6.45, 7) is 4.16. The first-order valence-corrected chi connectivity index (χ1v) is 10.9. The first-order valence-electron chi connectivity index (χ1n) is 10.9. The zero-order valence-electron chi connectivity index (χ0n) is 18.2. The molecule has 0 aliphatic carbocycles. The summed E-state index contributed by atoms with van der Waals surface area (Å²) in [5.41, 5.74) is 2.20. The second kappa shape index (κ2) is 8.48. The lowest BCUT2D eigenvalue weighted by Gasteiger charge is -2.52. The Morgan fingerprint density at radius 3 is 2.88 bits per heavy atom. The quantitative estimate of drug-likeness (QED) is 0.353. The van der Waals surface area contributed by atoms with Gasteiger partial charge in [0.25, 0.3) is 5.69 Å². The average Bonchev–Trinajstić information content (AvgIpc) is 2.82. The Hall–Kier alpha value is -3.04. The molecule has 5 rings (SSSR count). The Bertz CT molecular complexity index is 1150. The Balaban J connectivity index is 1.36. The van der Waals surface area contributed by atoms with E-state index in [0.29, 0.717) is 6.67 Å². The molecule has 3 unspecified atom stereocenters. The number of fused-ring (bicyclic) bond motifs is 3. The molecule has 0 spiro atoms. The van der Waals surface area contributed by atoms with Crippen molar-refractivity contribution in [1.29, 1.82) is 0 Å². The fourth-order valence-electron chi connectivity index (χ4n) is 5.04. The van der Waals surface area contributed by atoms with Gasteiger partial charge in [-0.05, 0) is 34.5 Å².